The van der Waals surface area contributed by atoms with Gasteiger partial charge >= 0.3 is 5.97 Å². The van der Waals surface area contributed by atoms with E-state index in [1.165, 1.54) is 0 Å². The molecule has 0 atom stereocenters. The molecule has 0 radical (unpaired) electrons. The molecule has 0 fully saturated rings. The molecule has 72 valence electrons. The van der Waals surface area contributed by atoms with Gasteiger partial charge in [-0.15, -0.1) is 0 Å². The van der Waals surface area contributed by atoms with Crippen molar-refractivity contribution in [2.75, 3.05) is 6.61 Å². The molecule has 0 amide bonds. The molecule has 1 aromatic carbocycles. The Labute approximate surface area is 83.9 Å². The molecule has 0 aliphatic rings. The summed E-state index contributed by atoms with van der Waals surface area (Å²) < 4.78 is 4.74. The molecule has 0 heterocycles. The highest BCUT2D eigenvalue weighted by Crippen LogP contribution is 1.95. The smallest absolute Gasteiger partial charge is 0.317 e. The molecule has 0 unspecified atom stereocenters. The Kier molecular flexibility index (Phi) is 4.30. The van der Waals surface area contributed by atoms with E-state index in [-0.39, 0.29) is 12.4 Å². The number of esters is 1. The predicted molar refractivity (Wildman–Crippen MR) is 54.6 cm³/mol. The Hall–Kier alpha value is -1.75. The Balaban J connectivity index is 2.45. The van der Waals surface area contributed by atoms with Gasteiger partial charge in [-0.25, -0.2) is 0 Å². The molecule has 0 aliphatic carbocycles. The molecule has 0 aromatic heterocycles. The van der Waals surface area contributed by atoms with E-state index >= 15 is 0 Å². The van der Waals surface area contributed by atoms with Crippen molar-refractivity contribution in [2.45, 2.75) is 13.3 Å². The lowest BCUT2D eigenvalue weighted by Crippen LogP contribution is -2.01. The number of carbonyl (C=O) groups is 1. The number of ether oxygens (including phenoxy) is 1. The first-order valence-corrected chi connectivity index (χ1v) is 4.52. The summed E-state index contributed by atoms with van der Waals surface area (Å²) in [6.45, 7) is 2.19. The second-order valence-electron chi connectivity index (χ2n) is 2.65. The van der Waals surface area contributed by atoms with Crippen molar-refractivity contribution in [2.24, 2.45) is 0 Å². The molecule has 0 saturated heterocycles. The van der Waals surface area contributed by atoms with Gasteiger partial charge in [-0.3, -0.25) is 4.79 Å². The third-order valence-electron chi connectivity index (χ3n) is 1.54. The first-order chi connectivity index (χ1) is 6.83. The van der Waals surface area contributed by atoms with E-state index in [1.54, 1.807) is 6.92 Å². The van der Waals surface area contributed by atoms with Gasteiger partial charge in [0, 0.05) is 5.56 Å². The summed E-state index contributed by atoms with van der Waals surface area (Å²) in [6.07, 6.45) is 0.155. The first kappa shape index (κ1) is 10.3. The molecule has 1 rings (SSSR count). The summed E-state index contributed by atoms with van der Waals surface area (Å²) in [4.78, 5) is 10.9. The maximum Gasteiger partial charge on any atom is 0.317 e. The van der Waals surface area contributed by atoms with Crippen molar-refractivity contribution in [3.63, 3.8) is 0 Å². The molecular formula is C12H12O2. The molecule has 0 aliphatic heterocycles. The SMILES string of the molecule is CCOC(=O)CC#Cc1ccccc1. The van der Waals surface area contributed by atoms with Gasteiger partial charge in [0.1, 0.15) is 6.42 Å². The fraction of sp³-hybridized carbons (Fsp3) is 0.250. The molecule has 0 bridgehead atoms. The normalized spacial score (nSPS) is 8.64. The van der Waals surface area contributed by atoms with Crippen LogP contribution in [-0.4, -0.2) is 12.6 Å². The van der Waals surface area contributed by atoms with Crippen LogP contribution in [0.5, 0.6) is 0 Å². The molecular weight excluding hydrogens is 176 g/mol. The van der Waals surface area contributed by atoms with Crippen molar-refractivity contribution in [3.05, 3.63) is 35.9 Å². The highest BCUT2D eigenvalue weighted by Gasteiger charge is 1.95. The van der Waals surface area contributed by atoms with Gasteiger partial charge in [-0.1, -0.05) is 30.0 Å². The van der Waals surface area contributed by atoms with E-state index in [0.29, 0.717) is 6.61 Å². The quantitative estimate of drug-likeness (QED) is 0.524. The number of benzene rings is 1. The van der Waals surface area contributed by atoms with Gasteiger partial charge in [0.25, 0.3) is 0 Å². The summed E-state index contributed by atoms with van der Waals surface area (Å²) in [6, 6.07) is 9.55. The summed E-state index contributed by atoms with van der Waals surface area (Å²) in [5.74, 6) is 5.38. The Bertz CT molecular complexity index is 344. The van der Waals surface area contributed by atoms with Crippen molar-refractivity contribution in [1.82, 2.24) is 0 Å². The minimum atomic E-state index is -0.268. The van der Waals surface area contributed by atoms with E-state index in [0.717, 1.165) is 5.56 Å². The lowest BCUT2D eigenvalue weighted by Gasteiger charge is -1.94. The van der Waals surface area contributed by atoms with Crippen LogP contribution in [0.25, 0.3) is 0 Å². The zero-order valence-corrected chi connectivity index (χ0v) is 8.12. The average molecular weight is 188 g/mol. The van der Waals surface area contributed by atoms with Crippen LogP contribution in [0.1, 0.15) is 18.9 Å². The summed E-state index contributed by atoms with van der Waals surface area (Å²) in [7, 11) is 0. The number of hydrogen-bond donors (Lipinski definition) is 0. The zero-order chi connectivity index (χ0) is 10.2. The van der Waals surface area contributed by atoms with Gasteiger partial charge in [-0.2, -0.15) is 0 Å². The van der Waals surface area contributed by atoms with Crippen LogP contribution >= 0.6 is 0 Å². The van der Waals surface area contributed by atoms with Crippen molar-refractivity contribution in [3.8, 4) is 11.8 Å². The van der Waals surface area contributed by atoms with Crippen molar-refractivity contribution >= 4 is 5.97 Å². The van der Waals surface area contributed by atoms with Gasteiger partial charge in [0.2, 0.25) is 0 Å². The van der Waals surface area contributed by atoms with E-state index in [2.05, 4.69) is 11.8 Å². The molecule has 0 saturated carbocycles. The standard InChI is InChI=1S/C12H12O2/c1-2-14-12(13)10-6-9-11-7-4-3-5-8-11/h3-5,7-8H,2,10H2,1H3. The largest absolute Gasteiger partial charge is 0.465 e. The highest BCUT2D eigenvalue weighted by molar-refractivity contribution is 5.72. The lowest BCUT2D eigenvalue weighted by molar-refractivity contribution is -0.141. The molecule has 2 nitrogen and oxygen atoms in total. The maximum absolute atomic E-state index is 10.9. The van der Waals surface area contributed by atoms with Gasteiger partial charge in [-0.05, 0) is 19.1 Å². The third-order valence-corrected chi connectivity index (χ3v) is 1.54. The molecule has 0 N–H and O–H groups in total. The fourth-order valence-corrected chi connectivity index (χ4v) is 0.952. The topological polar surface area (TPSA) is 26.3 Å². The van der Waals surface area contributed by atoms with Crippen molar-refractivity contribution in [1.29, 1.82) is 0 Å². The average Bonchev–Trinajstić information content (AvgIpc) is 2.20. The van der Waals surface area contributed by atoms with Crippen LogP contribution in [-0.2, 0) is 9.53 Å². The Morgan fingerprint density at radius 3 is 2.71 bits per heavy atom. The molecule has 2 heteroatoms. The summed E-state index contributed by atoms with van der Waals surface area (Å²) in [5, 5.41) is 0. The number of rotatable bonds is 2. The second-order valence-corrected chi connectivity index (χ2v) is 2.65. The second kappa shape index (κ2) is 5.82. The predicted octanol–water partition coefficient (Wildman–Crippen LogP) is 1.99. The first-order valence-electron chi connectivity index (χ1n) is 4.52. The van der Waals surface area contributed by atoms with Crippen molar-refractivity contribution < 1.29 is 9.53 Å². The van der Waals surface area contributed by atoms with Crippen LogP contribution in [0.3, 0.4) is 0 Å². The van der Waals surface area contributed by atoms with Crippen LogP contribution < -0.4 is 0 Å². The third kappa shape index (κ3) is 3.77. The van der Waals surface area contributed by atoms with Gasteiger partial charge in [0.15, 0.2) is 0 Å². The van der Waals surface area contributed by atoms with Gasteiger partial charge in [0.05, 0.1) is 6.61 Å². The Morgan fingerprint density at radius 1 is 1.36 bits per heavy atom. The molecule has 0 spiro atoms. The minimum Gasteiger partial charge on any atom is -0.465 e. The van der Waals surface area contributed by atoms with Crippen LogP contribution in [0, 0.1) is 11.8 Å². The number of carbonyl (C=O) groups excluding carboxylic acids is 1. The number of hydrogen-bond acceptors (Lipinski definition) is 2. The van der Waals surface area contributed by atoms with Crippen LogP contribution in [0.15, 0.2) is 30.3 Å². The fourth-order valence-electron chi connectivity index (χ4n) is 0.952. The van der Waals surface area contributed by atoms with Crippen LogP contribution in [0.2, 0.25) is 0 Å². The Morgan fingerprint density at radius 2 is 2.07 bits per heavy atom. The monoisotopic (exact) mass is 188 g/mol. The van der Waals surface area contributed by atoms with Gasteiger partial charge < -0.3 is 4.74 Å². The molecule has 1 aromatic rings. The molecule has 14 heavy (non-hydrogen) atoms. The van der Waals surface area contributed by atoms with Crippen LogP contribution in [0.4, 0.5) is 0 Å². The summed E-state index contributed by atoms with van der Waals surface area (Å²) >= 11 is 0. The van der Waals surface area contributed by atoms with E-state index in [9.17, 15) is 4.79 Å². The highest BCUT2D eigenvalue weighted by atomic mass is 16.5. The van der Waals surface area contributed by atoms with E-state index in [1.807, 2.05) is 30.3 Å². The van der Waals surface area contributed by atoms with E-state index < -0.39 is 0 Å². The maximum atomic E-state index is 10.9. The minimum absolute atomic E-state index is 0.155. The summed E-state index contributed by atoms with van der Waals surface area (Å²) in [5.41, 5.74) is 0.914. The zero-order valence-electron chi connectivity index (χ0n) is 8.12. The lowest BCUT2D eigenvalue weighted by atomic mass is 10.2. The van der Waals surface area contributed by atoms with E-state index in [4.69, 9.17) is 4.74 Å².